The molecule has 0 spiro atoms. The van der Waals surface area contributed by atoms with Crippen molar-refractivity contribution in [3.8, 4) is 0 Å². The lowest BCUT2D eigenvalue weighted by molar-refractivity contribution is -0.180. The Morgan fingerprint density at radius 3 is 1.04 bits per heavy atom. The Bertz CT molecular complexity index is 228. The fourth-order valence-electron chi connectivity index (χ4n) is 3.51. The van der Waals surface area contributed by atoms with Crippen LogP contribution in [0.2, 0.25) is 12.1 Å². The number of ether oxygens (including phenoxy) is 4. The van der Waals surface area contributed by atoms with Crippen molar-refractivity contribution >= 4 is 19.0 Å². The Morgan fingerprint density at radius 2 is 0.833 bits per heavy atom. The molecule has 0 aromatic carbocycles. The van der Waals surface area contributed by atoms with Gasteiger partial charge in [-0.2, -0.15) is 0 Å². The van der Waals surface area contributed by atoms with Gasteiger partial charge in [0.25, 0.3) is 0 Å². The molecule has 0 aromatic heterocycles. The number of rotatable bonds is 17. The maximum absolute atomic E-state index is 6.08. The van der Waals surface area contributed by atoms with Gasteiger partial charge in [-0.15, -0.1) is 0 Å². The van der Waals surface area contributed by atoms with Crippen molar-refractivity contribution in [2.45, 2.75) is 90.1 Å². The van der Waals surface area contributed by atoms with E-state index in [0.717, 1.165) is 52.1 Å². The van der Waals surface area contributed by atoms with Gasteiger partial charge < -0.3 is 18.9 Å². The fourth-order valence-corrected chi connectivity index (χ4v) is 9.19. The molecule has 4 nitrogen and oxygen atoms in total. The van der Waals surface area contributed by atoms with Gasteiger partial charge in [0.05, 0.1) is 19.0 Å². The highest BCUT2D eigenvalue weighted by Crippen LogP contribution is 2.24. The van der Waals surface area contributed by atoms with Crippen LogP contribution in [0.1, 0.15) is 67.2 Å². The maximum atomic E-state index is 6.08. The van der Waals surface area contributed by atoms with Gasteiger partial charge in [-0.25, -0.2) is 0 Å². The lowest BCUT2D eigenvalue weighted by Gasteiger charge is -2.35. The largest absolute Gasteiger partial charge is 0.355 e. The molecule has 0 rings (SSSR count). The van der Waals surface area contributed by atoms with Gasteiger partial charge in [-0.3, -0.25) is 0 Å². The van der Waals surface area contributed by atoms with Crippen molar-refractivity contribution in [3.63, 3.8) is 0 Å². The molecule has 0 amide bonds. The summed E-state index contributed by atoms with van der Waals surface area (Å²) in [6, 6.07) is 2.52. The minimum atomic E-state index is -0.446. The highest BCUT2D eigenvalue weighted by molar-refractivity contribution is 6.45. The first-order chi connectivity index (χ1) is 11.6. The van der Waals surface area contributed by atoms with Crippen molar-refractivity contribution in [2.24, 2.45) is 0 Å². The first-order valence-electron chi connectivity index (χ1n) is 10.1. The highest BCUT2D eigenvalue weighted by Gasteiger charge is 2.33. The van der Waals surface area contributed by atoms with Crippen LogP contribution in [0.15, 0.2) is 0 Å². The number of hydrogen-bond acceptors (Lipinski definition) is 4. The molecule has 0 fully saturated rings. The van der Waals surface area contributed by atoms with Crippen molar-refractivity contribution < 1.29 is 18.9 Å². The third-order valence-corrected chi connectivity index (χ3v) is 10.0. The predicted octanol–water partition coefficient (Wildman–Crippen LogP) is 3.21. The monoisotopic (exact) mass is 378 g/mol. The maximum Gasteiger partial charge on any atom is 0.144 e. The van der Waals surface area contributed by atoms with Crippen molar-refractivity contribution in [1.29, 1.82) is 0 Å². The minimum Gasteiger partial charge on any atom is -0.355 e. The van der Waals surface area contributed by atoms with Crippen LogP contribution in [0.25, 0.3) is 0 Å². The molecule has 0 aliphatic heterocycles. The average Bonchev–Trinajstić information content (AvgIpc) is 2.53. The molecular formula is C18H42O4Si2. The zero-order chi connectivity index (χ0) is 18.3. The first-order valence-corrected chi connectivity index (χ1v) is 13.5. The average molecular weight is 379 g/mol. The van der Waals surface area contributed by atoms with Crippen LogP contribution in [-0.2, 0) is 18.9 Å². The van der Waals surface area contributed by atoms with Crippen LogP contribution in [0, 0.1) is 0 Å². The Morgan fingerprint density at radius 1 is 0.542 bits per heavy atom. The molecule has 0 N–H and O–H groups in total. The molecule has 0 aromatic rings. The highest BCUT2D eigenvalue weighted by atomic mass is 28.2. The summed E-state index contributed by atoms with van der Waals surface area (Å²) in [5.41, 5.74) is -0.505. The van der Waals surface area contributed by atoms with Crippen LogP contribution >= 0.6 is 0 Å². The second kappa shape index (κ2) is 14.4. The SMILES string of the molecule is CCCC(OCC)(OCC)[SiH2]CC[SiH2]C(CCC)(OCC)OCC. The van der Waals surface area contributed by atoms with E-state index in [0.29, 0.717) is 0 Å². The molecule has 0 saturated carbocycles. The predicted molar refractivity (Wildman–Crippen MR) is 108 cm³/mol. The molecule has 0 saturated heterocycles. The molecule has 0 radical (unpaired) electrons. The molecular weight excluding hydrogens is 336 g/mol. The summed E-state index contributed by atoms with van der Waals surface area (Å²) >= 11 is 0. The van der Waals surface area contributed by atoms with E-state index in [1.165, 1.54) is 12.1 Å². The topological polar surface area (TPSA) is 36.9 Å². The van der Waals surface area contributed by atoms with Crippen molar-refractivity contribution in [2.75, 3.05) is 26.4 Å². The molecule has 0 unspecified atom stereocenters. The third-order valence-electron chi connectivity index (χ3n) is 4.26. The molecule has 6 heteroatoms. The molecule has 0 bridgehead atoms. The molecule has 0 aliphatic carbocycles. The Hall–Kier alpha value is 0.274. The Labute approximate surface area is 155 Å². The van der Waals surface area contributed by atoms with Gasteiger partial charge in [0.15, 0.2) is 0 Å². The van der Waals surface area contributed by atoms with Crippen molar-refractivity contribution in [1.82, 2.24) is 0 Å². The summed E-state index contributed by atoms with van der Waals surface area (Å²) < 4.78 is 24.3. The lowest BCUT2D eigenvalue weighted by Crippen LogP contribution is -2.44. The lowest BCUT2D eigenvalue weighted by atomic mass is 10.3. The molecule has 0 aliphatic rings. The van der Waals surface area contributed by atoms with Gasteiger partial charge in [-0.05, 0) is 40.5 Å². The zero-order valence-corrected chi connectivity index (χ0v) is 19.9. The van der Waals surface area contributed by atoms with Crippen LogP contribution in [0.5, 0.6) is 0 Å². The van der Waals surface area contributed by atoms with Gasteiger partial charge in [0, 0.05) is 26.4 Å². The van der Waals surface area contributed by atoms with Crippen LogP contribution in [-0.4, -0.2) is 56.3 Å². The summed E-state index contributed by atoms with van der Waals surface area (Å²) in [5.74, 6) is 0. The van der Waals surface area contributed by atoms with E-state index in [9.17, 15) is 0 Å². The van der Waals surface area contributed by atoms with E-state index >= 15 is 0 Å². The van der Waals surface area contributed by atoms with E-state index < -0.39 is 19.0 Å². The van der Waals surface area contributed by atoms with Gasteiger partial charge >= 0.3 is 0 Å². The molecule has 0 heterocycles. The molecule has 24 heavy (non-hydrogen) atoms. The van der Waals surface area contributed by atoms with Crippen LogP contribution < -0.4 is 0 Å². The standard InChI is InChI=1S/C18H42O4Si2/c1-7-13-17(19-9-3,20-10-4)23-15-16-24-18(14-8-2,21-11-5)22-12-6/h7-16,23-24H2,1-6H3. The van der Waals surface area contributed by atoms with Crippen LogP contribution in [0.4, 0.5) is 0 Å². The normalized spacial score (nSPS) is 13.8. The third kappa shape index (κ3) is 9.10. The Balaban J connectivity index is 4.64. The van der Waals surface area contributed by atoms with E-state index in [2.05, 4.69) is 41.5 Å². The summed E-state index contributed by atoms with van der Waals surface area (Å²) in [7, 11) is -0.892. The van der Waals surface area contributed by atoms with E-state index in [-0.39, 0.29) is 10.8 Å². The van der Waals surface area contributed by atoms with Crippen molar-refractivity contribution in [3.05, 3.63) is 0 Å². The van der Waals surface area contributed by atoms with Gasteiger partial charge in [-0.1, -0.05) is 38.8 Å². The van der Waals surface area contributed by atoms with Crippen LogP contribution in [0.3, 0.4) is 0 Å². The zero-order valence-electron chi connectivity index (χ0n) is 17.1. The molecule has 0 atom stereocenters. The van der Waals surface area contributed by atoms with Gasteiger partial charge in [0.2, 0.25) is 0 Å². The molecule has 146 valence electrons. The fraction of sp³-hybridized carbons (Fsp3) is 1.00. The summed E-state index contributed by atoms with van der Waals surface area (Å²) in [6.07, 6.45) is 4.28. The second-order valence-electron chi connectivity index (χ2n) is 6.26. The second-order valence-corrected chi connectivity index (χ2v) is 10.8. The first kappa shape index (κ1) is 24.3. The van der Waals surface area contributed by atoms with E-state index in [1.54, 1.807) is 0 Å². The van der Waals surface area contributed by atoms with E-state index in [4.69, 9.17) is 18.9 Å². The minimum absolute atomic E-state index is 0.253. The van der Waals surface area contributed by atoms with E-state index in [1.807, 2.05) is 0 Å². The summed E-state index contributed by atoms with van der Waals surface area (Å²) in [4.78, 5) is 0. The Kier molecular flexibility index (Phi) is 14.6. The smallest absolute Gasteiger partial charge is 0.144 e. The quantitative estimate of drug-likeness (QED) is 0.221. The van der Waals surface area contributed by atoms with Gasteiger partial charge in [0.1, 0.15) is 10.8 Å². The number of hydrogen-bond donors (Lipinski definition) is 0. The summed E-state index contributed by atoms with van der Waals surface area (Å²) in [6.45, 7) is 15.7. The summed E-state index contributed by atoms with van der Waals surface area (Å²) in [5, 5.41) is 0.